The first-order chi connectivity index (χ1) is 15.4. The fraction of sp³-hybridized carbons (Fsp3) is 0.292. The third-order valence-corrected chi connectivity index (χ3v) is 5.47. The van der Waals surface area contributed by atoms with Crippen LogP contribution < -0.4 is 5.32 Å². The average molecular weight is 439 g/mol. The number of halogens is 2. The second kappa shape index (κ2) is 9.30. The van der Waals surface area contributed by atoms with Gasteiger partial charge in [-0.15, -0.1) is 0 Å². The molecule has 0 radical (unpaired) electrons. The Morgan fingerprint density at radius 1 is 1.16 bits per heavy atom. The molecule has 166 valence electrons. The molecule has 2 amide bonds. The van der Waals surface area contributed by atoms with Gasteiger partial charge in [-0.2, -0.15) is 0 Å². The number of likely N-dealkylation sites (tertiary alicyclic amines) is 1. The molecule has 0 bridgehead atoms. The number of hydrogen-bond acceptors (Lipinski definition) is 4. The Morgan fingerprint density at radius 3 is 2.69 bits per heavy atom. The van der Waals surface area contributed by atoms with Crippen molar-refractivity contribution in [2.45, 2.75) is 32.6 Å². The van der Waals surface area contributed by atoms with E-state index in [1.165, 1.54) is 12.3 Å². The summed E-state index contributed by atoms with van der Waals surface area (Å²) in [6, 6.07) is 8.54. The number of oxazole rings is 1. The number of rotatable bonds is 6. The van der Waals surface area contributed by atoms with Crippen LogP contribution in [0, 0.1) is 18.6 Å². The molecule has 0 saturated carbocycles. The topological polar surface area (TPSA) is 75.4 Å². The third kappa shape index (κ3) is 4.69. The second-order valence-electron chi connectivity index (χ2n) is 7.79. The lowest BCUT2D eigenvalue weighted by Crippen LogP contribution is -2.29. The molecule has 1 saturated heterocycles. The van der Waals surface area contributed by atoms with E-state index in [1.807, 2.05) is 13.0 Å². The van der Waals surface area contributed by atoms with E-state index in [2.05, 4.69) is 10.3 Å². The zero-order valence-corrected chi connectivity index (χ0v) is 17.7. The van der Waals surface area contributed by atoms with Crippen LogP contribution in [-0.4, -0.2) is 34.8 Å². The maximum atomic E-state index is 13.9. The van der Waals surface area contributed by atoms with Gasteiger partial charge in [0.15, 0.2) is 11.7 Å². The van der Waals surface area contributed by atoms with E-state index in [1.54, 1.807) is 17.0 Å². The molecule has 1 aromatic heterocycles. The Hall–Kier alpha value is -3.55. The maximum absolute atomic E-state index is 13.9. The highest BCUT2D eigenvalue weighted by Crippen LogP contribution is 2.26. The van der Waals surface area contributed by atoms with Gasteiger partial charge in [0.25, 0.3) is 5.91 Å². The molecule has 1 aliphatic heterocycles. The Bertz CT molecular complexity index is 1150. The van der Waals surface area contributed by atoms with E-state index >= 15 is 0 Å². The lowest BCUT2D eigenvalue weighted by atomic mass is 10.0. The van der Waals surface area contributed by atoms with Gasteiger partial charge in [0.1, 0.15) is 11.6 Å². The van der Waals surface area contributed by atoms with Crippen molar-refractivity contribution in [2.75, 3.05) is 18.4 Å². The van der Waals surface area contributed by atoms with E-state index < -0.39 is 11.6 Å². The zero-order valence-electron chi connectivity index (χ0n) is 17.7. The summed E-state index contributed by atoms with van der Waals surface area (Å²) >= 11 is 0. The lowest BCUT2D eigenvalue weighted by molar-refractivity contribution is -0.116. The molecule has 6 nitrogen and oxygen atoms in total. The fourth-order valence-corrected chi connectivity index (χ4v) is 3.81. The van der Waals surface area contributed by atoms with Crippen LogP contribution in [0.25, 0.3) is 11.3 Å². The van der Waals surface area contributed by atoms with Gasteiger partial charge in [-0.05, 0) is 43.5 Å². The first kappa shape index (κ1) is 21.7. The quantitative estimate of drug-likeness (QED) is 0.602. The molecule has 2 aromatic carbocycles. The number of carbonyl (C=O) groups is 2. The van der Waals surface area contributed by atoms with E-state index in [-0.39, 0.29) is 41.9 Å². The summed E-state index contributed by atoms with van der Waals surface area (Å²) in [5, 5.41) is 2.82. The first-order valence-corrected chi connectivity index (χ1v) is 10.5. The average Bonchev–Trinajstić information content (AvgIpc) is 3.44. The van der Waals surface area contributed by atoms with Gasteiger partial charge < -0.3 is 14.6 Å². The van der Waals surface area contributed by atoms with E-state index in [0.29, 0.717) is 11.3 Å². The Labute approximate surface area is 184 Å². The minimum atomic E-state index is -0.750. The standard InChI is InChI=1S/C24H23F2N3O3/c1-15-5-4-6-19(23(15)24(31)29-11-2-3-12-29)28-21(30)9-10-22-27-14-20(32-22)17-8-7-16(25)13-18(17)26/h4-8,13-14H,2-3,9-12H2,1H3,(H,28,30). The van der Waals surface area contributed by atoms with E-state index in [9.17, 15) is 18.4 Å². The van der Waals surface area contributed by atoms with Gasteiger partial charge in [0.05, 0.1) is 23.0 Å². The molecular formula is C24H23F2N3O3. The summed E-state index contributed by atoms with van der Waals surface area (Å²) in [6.07, 6.45) is 3.57. The molecule has 1 N–H and O–H groups in total. The van der Waals surface area contributed by atoms with Crippen molar-refractivity contribution in [3.8, 4) is 11.3 Å². The molecule has 1 aliphatic rings. The van der Waals surface area contributed by atoms with Crippen molar-refractivity contribution in [1.82, 2.24) is 9.88 Å². The molecule has 1 fully saturated rings. The zero-order chi connectivity index (χ0) is 22.7. The molecule has 2 heterocycles. The Balaban J connectivity index is 1.41. The Morgan fingerprint density at radius 2 is 1.94 bits per heavy atom. The number of anilines is 1. The van der Waals surface area contributed by atoms with E-state index in [0.717, 1.165) is 43.6 Å². The SMILES string of the molecule is Cc1cccc(NC(=O)CCc2ncc(-c3ccc(F)cc3F)o2)c1C(=O)N1CCCC1. The first-order valence-electron chi connectivity index (χ1n) is 10.5. The highest BCUT2D eigenvalue weighted by atomic mass is 19.1. The number of benzene rings is 2. The van der Waals surface area contributed by atoms with Crippen molar-refractivity contribution in [3.63, 3.8) is 0 Å². The monoisotopic (exact) mass is 439 g/mol. The van der Waals surface area contributed by atoms with Crippen LogP contribution in [0.15, 0.2) is 47.0 Å². The smallest absolute Gasteiger partial charge is 0.256 e. The number of amides is 2. The Kier molecular flexibility index (Phi) is 6.30. The summed E-state index contributed by atoms with van der Waals surface area (Å²) in [6.45, 7) is 3.30. The predicted molar refractivity (Wildman–Crippen MR) is 115 cm³/mol. The van der Waals surface area contributed by atoms with Crippen molar-refractivity contribution < 1.29 is 22.8 Å². The normalized spacial score (nSPS) is 13.4. The van der Waals surface area contributed by atoms with Crippen LogP contribution in [0.5, 0.6) is 0 Å². The number of nitrogens with zero attached hydrogens (tertiary/aromatic N) is 2. The molecule has 32 heavy (non-hydrogen) atoms. The largest absolute Gasteiger partial charge is 0.441 e. The molecule has 0 unspecified atom stereocenters. The summed E-state index contributed by atoms with van der Waals surface area (Å²) in [5.74, 6) is -1.37. The second-order valence-corrected chi connectivity index (χ2v) is 7.79. The highest BCUT2D eigenvalue weighted by molar-refractivity contribution is 6.05. The predicted octanol–water partition coefficient (Wildman–Crippen LogP) is 4.74. The van der Waals surface area contributed by atoms with Gasteiger partial charge in [-0.1, -0.05) is 12.1 Å². The molecule has 0 atom stereocenters. The van der Waals surface area contributed by atoms with E-state index in [4.69, 9.17) is 4.42 Å². The lowest BCUT2D eigenvalue weighted by Gasteiger charge is -2.19. The maximum Gasteiger partial charge on any atom is 0.256 e. The van der Waals surface area contributed by atoms with Crippen LogP contribution in [0.3, 0.4) is 0 Å². The fourth-order valence-electron chi connectivity index (χ4n) is 3.81. The molecule has 3 aromatic rings. The van der Waals surface area contributed by atoms with Crippen LogP contribution in [0.2, 0.25) is 0 Å². The van der Waals surface area contributed by atoms with Crippen molar-refractivity contribution in [3.05, 3.63) is 71.2 Å². The van der Waals surface area contributed by atoms with Gasteiger partial charge in [-0.25, -0.2) is 13.8 Å². The summed E-state index contributed by atoms with van der Waals surface area (Å²) in [5.41, 5.74) is 1.89. The number of aromatic nitrogens is 1. The van der Waals surface area contributed by atoms with Crippen molar-refractivity contribution in [2.24, 2.45) is 0 Å². The molecule has 4 rings (SSSR count). The molecule has 8 heteroatoms. The number of aryl methyl sites for hydroxylation is 2. The van der Waals surface area contributed by atoms with Crippen LogP contribution in [0.1, 0.15) is 41.1 Å². The highest BCUT2D eigenvalue weighted by Gasteiger charge is 2.24. The molecular weight excluding hydrogens is 416 g/mol. The van der Waals surface area contributed by atoms with Crippen LogP contribution in [0.4, 0.5) is 14.5 Å². The van der Waals surface area contributed by atoms with Crippen LogP contribution in [-0.2, 0) is 11.2 Å². The van der Waals surface area contributed by atoms with Crippen molar-refractivity contribution >= 4 is 17.5 Å². The van der Waals surface area contributed by atoms with Crippen molar-refractivity contribution in [1.29, 1.82) is 0 Å². The minimum Gasteiger partial charge on any atom is -0.441 e. The summed E-state index contributed by atoms with van der Waals surface area (Å²) in [7, 11) is 0. The van der Waals surface area contributed by atoms with Gasteiger partial charge in [-0.3, -0.25) is 9.59 Å². The van der Waals surface area contributed by atoms with Gasteiger partial charge in [0.2, 0.25) is 5.91 Å². The molecule has 0 spiro atoms. The third-order valence-electron chi connectivity index (χ3n) is 5.47. The van der Waals surface area contributed by atoms with Gasteiger partial charge in [0, 0.05) is 32.0 Å². The number of hydrogen-bond donors (Lipinski definition) is 1. The number of carbonyl (C=O) groups excluding carboxylic acids is 2. The number of nitrogens with one attached hydrogen (secondary N) is 1. The molecule has 0 aliphatic carbocycles. The summed E-state index contributed by atoms with van der Waals surface area (Å²) in [4.78, 5) is 31.4. The van der Waals surface area contributed by atoms with Crippen LogP contribution >= 0.6 is 0 Å². The van der Waals surface area contributed by atoms with Gasteiger partial charge >= 0.3 is 0 Å². The minimum absolute atomic E-state index is 0.0666. The summed E-state index contributed by atoms with van der Waals surface area (Å²) < 4.78 is 32.5.